The monoisotopic (exact) mass is 250 g/mol. The fraction of sp³-hybridized carbons (Fsp3) is 0.385. The molecule has 0 fully saturated rings. The molecule has 2 aromatic rings. The van der Waals surface area contributed by atoms with Crippen LogP contribution in [-0.4, -0.2) is 51.5 Å². The third-order valence-electron chi connectivity index (χ3n) is 2.94. The minimum Gasteiger partial charge on any atom is -0.507 e. The van der Waals surface area contributed by atoms with Crippen LogP contribution in [0.1, 0.15) is 5.56 Å². The van der Waals surface area contributed by atoms with Crippen molar-refractivity contribution in [2.24, 2.45) is 0 Å². The van der Waals surface area contributed by atoms with Crippen LogP contribution in [0.3, 0.4) is 0 Å². The first-order valence-corrected chi connectivity index (χ1v) is 5.87. The SMILES string of the molecule is CN(Cc1c[nH]c2cccc(O)c12)CC(O)CO. The molecule has 0 amide bonds. The van der Waals surface area contributed by atoms with Crippen LogP contribution in [0.25, 0.3) is 10.9 Å². The molecule has 18 heavy (non-hydrogen) atoms. The number of aromatic hydroxyl groups is 1. The van der Waals surface area contributed by atoms with Gasteiger partial charge in [0.15, 0.2) is 0 Å². The minimum absolute atomic E-state index is 0.247. The summed E-state index contributed by atoms with van der Waals surface area (Å²) < 4.78 is 0. The zero-order chi connectivity index (χ0) is 13.1. The Balaban J connectivity index is 2.17. The number of aromatic amines is 1. The van der Waals surface area contributed by atoms with Crippen LogP contribution >= 0.6 is 0 Å². The molecule has 1 heterocycles. The number of aliphatic hydroxyl groups excluding tert-OH is 2. The molecule has 0 aliphatic rings. The Kier molecular flexibility index (Phi) is 3.86. The second-order valence-electron chi connectivity index (χ2n) is 4.55. The minimum atomic E-state index is -0.742. The van der Waals surface area contributed by atoms with Crippen molar-refractivity contribution in [3.05, 3.63) is 30.0 Å². The van der Waals surface area contributed by atoms with E-state index in [9.17, 15) is 10.2 Å². The normalized spacial score (nSPS) is 13.3. The van der Waals surface area contributed by atoms with Gasteiger partial charge in [0.1, 0.15) is 5.75 Å². The Bertz CT molecular complexity index is 524. The van der Waals surface area contributed by atoms with Gasteiger partial charge in [-0.3, -0.25) is 4.90 Å². The molecule has 5 nitrogen and oxygen atoms in total. The molecule has 1 aromatic carbocycles. The van der Waals surface area contributed by atoms with Crippen molar-refractivity contribution in [2.45, 2.75) is 12.6 Å². The summed E-state index contributed by atoms with van der Waals surface area (Å²) >= 11 is 0. The Morgan fingerprint density at radius 3 is 2.89 bits per heavy atom. The van der Waals surface area contributed by atoms with E-state index in [1.165, 1.54) is 0 Å². The van der Waals surface area contributed by atoms with Gasteiger partial charge in [-0.2, -0.15) is 0 Å². The van der Waals surface area contributed by atoms with Crippen molar-refractivity contribution in [1.82, 2.24) is 9.88 Å². The molecule has 0 bridgehead atoms. The van der Waals surface area contributed by atoms with Gasteiger partial charge in [-0.05, 0) is 24.7 Å². The van der Waals surface area contributed by atoms with Gasteiger partial charge >= 0.3 is 0 Å². The van der Waals surface area contributed by atoms with Crippen molar-refractivity contribution in [3.63, 3.8) is 0 Å². The largest absolute Gasteiger partial charge is 0.507 e. The summed E-state index contributed by atoms with van der Waals surface area (Å²) in [6, 6.07) is 5.35. The molecular weight excluding hydrogens is 232 g/mol. The van der Waals surface area contributed by atoms with E-state index < -0.39 is 6.10 Å². The smallest absolute Gasteiger partial charge is 0.125 e. The standard InChI is InChI=1S/C13H18N2O3/c1-15(7-10(17)8-16)6-9-5-14-11-3-2-4-12(18)13(9)11/h2-5,10,14,16-18H,6-8H2,1H3. The van der Waals surface area contributed by atoms with Crippen molar-refractivity contribution in [2.75, 3.05) is 20.2 Å². The molecule has 0 saturated heterocycles. The molecule has 0 saturated carbocycles. The average Bonchev–Trinajstić information content (AvgIpc) is 2.73. The Hall–Kier alpha value is -1.56. The number of nitrogens with one attached hydrogen (secondary N) is 1. The van der Waals surface area contributed by atoms with Crippen LogP contribution in [-0.2, 0) is 6.54 Å². The lowest BCUT2D eigenvalue weighted by Gasteiger charge is -2.18. The zero-order valence-electron chi connectivity index (χ0n) is 10.3. The topological polar surface area (TPSA) is 79.7 Å². The van der Waals surface area contributed by atoms with Gasteiger partial charge in [-0.15, -0.1) is 0 Å². The van der Waals surface area contributed by atoms with Crippen LogP contribution in [0.15, 0.2) is 24.4 Å². The molecule has 1 unspecified atom stereocenters. The van der Waals surface area contributed by atoms with Crippen molar-refractivity contribution in [3.8, 4) is 5.75 Å². The number of hydrogen-bond acceptors (Lipinski definition) is 4. The first kappa shape index (κ1) is 12.9. The average molecular weight is 250 g/mol. The van der Waals surface area contributed by atoms with E-state index >= 15 is 0 Å². The molecule has 2 rings (SSSR count). The van der Waals surface area contributed by atoms with Gasteiger partial charge in [-0.1, -0.05) is 6.07 Å². The number of hydrogen-bond donors (Lipinski definition) is 4. The second kappa shape index (κ2) is 5.39. The van der Waals surface area contributed by atoms with E-state index in [0.717, 1.165) is 16.5 Å². The lowest BCUT2D eigenvalue weighted by molar-refractivity contribution is 0.0649. The number of rotatable bonds is 5. The van der Waals surface area contributed by atoms with Crippen LogP contribution in [0.2, 0.25) is 0 Å². The van der Waals surface area contributed by atoms with Crippen molar-refractivity contribution < 1.29 is 15.3 Å². The highest BCUT2D eigenvalue weighted by molar-refractivity contribution is 5.88. The van der Waals surface area contributed by atoms with Gasteiger partial charge < -0.3 is 20.3 Å². The maximum absolute atomic E-state index is 9.85. The third kappa shape index (κ3) is 2.64. The summed E-state index contributed by atoms with van der Waals surface area (Å²) in [5.74, 6) is 0.250. The maximum Gasteiger partial charge on any atom is 0.125 e. The zero-order valence-corrected chi connectivity index (χ0v) is 10.3. The second-order valence-corrected chi connectivity index (χ2v) is 4.55. The summed E-state index contributed by atoms with van der Waals surface area (Å²) in [6.07, 6.45) is 1.11. The number of likely N-dealkylation sites (N-methyl/N-ethyl adjacent to an activating group) is 1. The maximum atomic E-state index is 9.85. The molecule has 4 N–H and O–H groups in total. The molecule has 1 aromatic heterocycles. The third-order valence-corrected chi connectivity index (χ3v) is 2.94. The summed E-state index contributed by atoms with van der Waals surface area (Å²) in [7, 11) is 1.86. The molecule has 0 aliphatic heterocycles. The van der Waals surface area contributed by atoms with E-state index in [2.05, 4.69) is 4.98 Å². The van der Waals surface area contributed by atoms with E-state index in [-0.39, 0.29) is 12.4 Å². The number of nitrogens with zero attached hydrogens (tertiary/aromatic N) is 1. The number of aromatic nitrogens is 1. The predicted molar refractivity (Wildman–Crippen MR) is 69.4 cm³/mol. The van der Waals surface area contributed by atoms with Crippen LogP contribution in [0, 0.1) is 0 Å². The summed E-state index contributed by atoms with van der Waals surface area (Å²) in [4.78, 5) is 5.00. The lowest BCUT2D eigenvalue weighted by atomic mass is 10.1. The Labute approximate surface area is 105 Å². The fourth-order valence-corrected chi connectivity index (χ4v) is 2.13. The van der Waals surface area contributed by atoms with Crippen LogP contribution < -0.4 is 0 Å². The summed E-state index contributed by atoms with van der Waals surface area (Å²) in [6.45, 7) is 0.731. The number of phenols is 1. The highest BCUT2D eigenvalue weighted by Crippen LogP contribution is 2.28. The van der Waals surface area contributed by atoms with E-state index in [0.29, 0.717) is 13.1 Å². The fourth-order valence-electron chi connectivity index (χ4n) is 2.13. The van der Waals surface area contributed by atoms with Gasteiger partial charge in [0.05, 0.1) is 12.7 Å². The molecule has 0 radical (unpaired) electrons. The van der Waals surface area contributed by atoms with Gasteiger partial charge in [-0.25, -0.2) is 0 Å². The highest BCUT2D eigenvalue weighted by Gasteiger charge is 2.12. The summed E-state index contributed by atoms with van der Waals surface area (Å²) in [5, 5.41) is 28.8. The number of phenolic OH excluding ortho intramolecular Hbond substituents is 1. The number of H-pyrrole nitrogens is 1. The number of fused-ring (bicyclic) bond motifs is 1. The summed E-state index contributed by atoms with van der Waals surface area (Å²) in [5.41, 5.74) is 1.86. The van der Waals surface area contributed by atoms with Gasteiger partial charge in [0, 0.05) is 30.2 Å². The number of aliphatic hydroxyl groups is 2. The molecular formula is C13H18N2O3. The molecule has 5 heteroatoms. The first-order valence-electron chi connectivity index (χ1n) is 5.87. The quantitative estimate of drug-likeness (QED) is 0.628. The molecule has 0 spiro atoms. The van der Waals surface area contributed by atoms with Crippen LogP contribution in [0.4, 0.5) is 0 Å². The van der Waals surface area contributed by atoms with Crippen molar-refractivity contribution >= 4 is 10.9 Å². The lowest BCUT2D eigenvalue weighted by Crippen LogP contribution is -2.30. The predicted octanol–water partition coefficient (Wildman–Crippen LogP) is 0.658. The highest BCUT2D eigenvalue weighted by atomic mass is 16.3. The van der Waals surface area contributed by atoms with Crippen LogP contribution in [0.5, 0.6) is 5.75 Å². The van der Waals surface area contributed by atoms with Crippen molar-refractivity contribution in [1.29, 1.82) is 0 Å². The van der Waals surface area contributed by atoms with E-state index in [1.54, 1.807) is 12.1 Å². The molecule has 1 atom stereocenters. The van der Waals surface area contributed by atoms with E-state index in [1.807, 2.05) is 24.2 Å². The number of benzene rings is 1. The first-order chi connectivity index (χ1) is 8.61. The molecule has 0 aliphatic carbocycles. The Morgan fingerprint density at radius 2 is 2.17 bits per heavy atom. The van der Waals surface area contributed by atoms with Gasteiger partial charge in [0.25, 0.3) is 0 Å². The van der Waals surface area contributed by atoms with Gasteiger partial charge in [0.2, 0.25) is 0 Å². The van der Waals surface area contributed by atoms with E-state index in [4.69, 9.17) is 5.11 Å². The Morgan fingerprint density at radius 1 is 1.39 bits per heavy atom. The molecule has 98 valence electrons.